The van der Waals surface area contributed by atoms with Gasteiger partial charge in [0.2, 0.25) is 0 Å². The van der Waals surface area contributed by atoms with Crippen molar-refractivity contribution >= 4 is 21.7 Å². The van der Waals surface area contributed by atoms with E-state index in [0.717, 1.165) is 43.0 Å². The van der Waals surface area contributed by atoms with Crippen LogP contribution in [-0.4, -0.2) is 42.6 Å². The number of rotatable bonds is 2. The van der Waals surface area contributed by atoms with Crippen molar-refractivity contribution in [1.82, 2.24) is 9.88 Å². The van der Waals surface area contributed by atoms with E-state index in [1.165, 1.54) is 0 Å². The Balaban J connectivity index is 2.16. The maximum atomic E-state index is 9.12. The van der Waals surface area contributed by atoms with Gasteiger partial charge in [-0.05, 0) is 28.5 Å². The zero-order valence-corrected chi connectivity index (χ0v) is 11.4. The minimum Gasteiger partial charge on any atom is -0.353 e. The number of nitriles is 1. The lowest BCUT2D eigenvalue weighted by Crippen LogP contribution is -2.46. The lowest BCUT2D eigenvalue weighted by atomic mass is 10.2. The number of anilines is 1. The average Bonchev–Trinajstić information content (AvgIpc) is 2.39. The highest BCUT2D eigenvalue weighted by Gasteiger charge is 2.19. The Morgan fingerprint density at radius 1 is 1.41 bits per heavy atom. The molecule has 4 nitrogen and oxygen atoms in total. The molecule has 0 bridgehead atoms. The van der Waals surface area contributed by atoms with Gasteiger partial charge in [-0.1, -0.05) is 6.92 Å². The van der Waals surface area contributed by atoms with Gasteiger partial charge in [-0.3, -0.25) is 0 Å². The Labute approximate surface area is 110 Å². The van der Waals surface area contributed by atoms with Crippen molar-refractivity contribution < 1.29 is 0 Å². The molecular formula is C12H15BrN4. The molecule has 90 valence electrons. The fraction of sp³-hybridized carbons (Fsp3) is 0.500. The molecule has 1 aliphatic heterocycles. The highest BCUT2D eigenvalue weighted by Crippen LogP contribution is 2.21. The smallest absolute Gasteiger partial charge is 0.146 e. The number of aromatic nitrogens is 1. The SMILES string of the molecule is CCN1CCN(c2ncc(Br)cc2C#N)CC1. The highest BCUT2D eigenvalue weighted by atomic mass is 79.9. The van der Waals surface area contributed by atoms with Gasteiger partial charge in [-0.15, -0.1) is 0 Å². The summed E-state index contributed by atoms with van der Waals surface area (Å²) in [6, 6.07) is 4.04. The van der Waals surface area contributed by atoms with Crippen molar-refractivity contribution in [2.75, 3.05) is 37.6 Å². The Morgan fingerprint density at radius 3 is 2.71 bits per heavy atom. The summed E-state index contributed by atoms with van der Waals surface area (Å²) in [5.74, 6) is 0.812. The van der Waals surface area contributed by atoms with Gasteiger partial charge < -0.3 is 9.80 Å². The van der Waals surface area contributed by atoms with Gasteiger partial charge in [0.05, 0.1) is 5.56 Å². The van der Waals surface area contributed by atoms with E-state index in [9.17, 15) is 0 Å². The number of hydrogen-bond acceptors (Lipinski definition) is 4. The molecule has 0 radical (unpaired) electrons. The van der Waals surface area contributed by atoms with Crippen LogP contribution >= 0.6 is 15.9 Å². The molecule has 0 amide bonds. The standard InChI is InChI=1S/C12H15BrN4/c1-2-16-3-5-17(6-4-16)12-10(8-14)7-11(13)9-15-12/h7,9H,2-6H2,1H3. The first-order valence-electron chi connectivity index (χ1n) is 5.77. The van der Waals surface area contributed by atoms with Crippen molar-refractivity contribution in [3.05, 3.63) is 22.3 Å². The first kappa shape index (κ1) is 12.3. The van der Waals surface area contributed by atoms with E-state index < -0.39 is 0 Å². The molecule has 2 heterocycles. The zero-order chi connectivity index (χ0) is 12.3. The Hall–Kier alpha value is -1.12. The van der Waals surface area contributed by atoms with Gasteiger partial charge in [0.15, 0.2) is 0 Å². The summed E-state index contributed by atoms with van der Waals surface area (Å²) in [5.41, 5.74) is 0.643. The molecule has 5 heteroatoms. The van der Waals surface area contributed by atoms with Crippen LogP contribution in [0, 0.1) is 11.3 Å². The van der Waals surface area contributed by atoms with Gasteiger partial charge in [0.1, 0.15) is 11.9 Å². The maximum Gasteiger partial charge on any atom is 0.146 e. The van der Waals surface area contributed by atoms with Crippen molar-refractivity contribution in [1.29, 1.82) is 5.26 Å². The van der Waals surface area contributed by atoms with E-state index in [2.05, 4.69) is 43.7 Å². The van der Waals surface area contributed by atoms with E-state index in [4.69, 9.17) is 5.26 Å². The first-order valence-corrected chi connectivity index (χ1v) is 6.57. The molecule has 0 saturated carbocycles. The lowest BCUT2D eigenvalue weighted by molar-refractivity contribution is 0.270. The largest absolute Gasteiger partial charge is 0.353 e. The van der Waals surface area contributed by atoms with Crippen LogP contribution in [0.5, 0.6) is 0 Å². The van der Waals surface area contributed by atoms with E-state index in [1.807, 2.05) is 6.07 Å². The molecule has 0 atom stereocenters. The second-order valence-electron chi connectivity index (χ2n) is 4.06. The maximum absolute atomic E-state index is 9.12. The van der Waals surface area contributed by atoms with Crippen LogP contribution < -0.4 is 4.90 Å². The fourth-order valence-corrected chi connectivity index (χ4v) is 2.37. The normalized spacial score (nSPS) is 16.9. The molecule has 17 heavy (non-hydrogen) atoms. The summed E-state index contributed by atoms with van der Waals surface area (Å²) in [6.07, 6.45) is 1.75. The van der Waals surface area contributed by atoms with Crippen LogP contribution in [0.2, 0.25) is 0 Å². The summed E-state index contributed by atoms with van der Waals surface area (Å²) in [7, 11) is 0. The summed E-state index contributed by atoms with van der Waals surface area (Å²) >= 11 is 3.34. The topological polar surface area (TPSA) is 43.2 Å². The van der Waals surface area contributed by atoms with Crippen molar-refractivity contribution in [2.45, 2.75) is 6.92 Å². The summed E-state index contributed by atoms with van der Waals surface area (Å²) in [4.78, 5) is 8.96. The molecule has 0 N–H and O–H groups in total. The van der Waals surface area contributed by atoms with Gasteiger partial charge in [0, 0.05) is 36.8 Å². The molecule has 0 aliphatic carbocycles. The predicted molar refractivity (Wildman–Crippen MR) is 71.0 cm³/mol. The van der Waals surface area contributed by atoms with Crippen LogP contribution in [0.1, 0.15) is 12.5 Å². The third-order valence-electron chi connectivity index (χ3n) is 3.07. The highest BCUT2D eigenvalue weighted by molar-refractivity contribution is 9.10. The first-order chi connectivity index (χ1) is 8.24. The summed E-state index contributed by atoms with van der Waals surface area (Å²) < 4.78 is 0.852. The number of halogens is 1. The average molecular weight is 295 g/mol. The van der Waals surface area contributed by atoms with E-state index in [1.54, 1.807) is 6.20 Å². The Kier molecular flexibility index (Phi) is 3.97. The molecule has 0 aromatic carbocycles. The van der Waals surface area contributed by atoms with Crippen molar-refractivity contribution in [3.8, 4) is 6.07 Å². The third kappa shape index (κ3) is 2.76. The summed E-state index contributed by atoms with van der Waals surface area (Å²) in [6.45, 7) is 7.23. The minimum absolute atomic E-state index is 0.643. The summed E-state index contributed by atoms with van der Waals surface area (Å²) in [5, 5.41) is 9.12. The molecule has 1 fully saturated rings. The van der Waals surface area contributed by atoms with Crippen LogP contribution in [0.15, 0.2) is 16.7 Å². The van der Waals surface area contributed by atoms with E-state index in [0.29, 0.717) is 5.56 Å². The monoisotopic (exact) mass is 294 g/mol. The fourth-order valence-electron chi connectivity index (χ4n) is 2.04. The predicted octanol–water partition coefficient (Wildman–Crippen LogP) is 1.86. The number of nitrogens with zero attached hydrogens (tertiary/aromatic N) is 4. The minimum atomic E-state index is 0.643. The molecule has 1 aliphatic rings. The second kappa shape index (κ2) is 5.48. The van der Waals surface area contributed by atoms with Gasteiger partial charge in [0.25, 0.3) is 0 Å². The number of hydrogen-bond donors (Lipinski definition) is 0. The number of likely N-dealkylation sites (N-methyl/N-ethyl adjacent to an activating group) is 1. The van der Waals surface area contributed by atoms with Crippen LogP contribution in [0.25, 0.3) is 0 Å². The molecule has 2 rings (SSSR count). The number of pyridine rings is 1. The number of piperazine rings is 1. The zero-order valence-electron chi connectivity index (χ0n) is 9.86. The molecule has 0 spiro atoms. The van der Waals surface area contributed by atoms with E-state index in [-0.39, 0.29) is 0 Å². The quantitative estimate of drug-likeness (QED) is 0.835. The molecule has 1 aromatic rings. The van der Waals surface area contributed by atoms with E-state index >= 15 is 0 Å². The molecule has 0 unspecified atom stereocenters. The van der Waals surface area contributed by atoms with Crippen molar-refractivity contribution in [3.63, 3.8) is 0 Å². The van der Waals surface area contributed by atoms with Crippen LogP contribution in [0.4, 0.5) is 5.82 Å². The van der Waals surface area contributed by atoms with Crippen LogP contribution in [-0.2, 0) is 0 Å². The third-order valence-corrected chi connectivity index (χ3v) is 3.51. The molecule has 1 aromatic heterocycles. The van der Waals surface area contributed by atoms with Gasteiger partial charge >= 0.3 is 0 Å². The van der Waals surface area contributed by atoms with Crippen molar-refractivity contribution in [2.24, 2.45) is 0 Å². The van der Waals surface area contributed by atoms with Crippen LogP contribution in [0.3, 0.4) is 0 Å². The van der Waals surface area contributed by atoms with Gasteiger partial charge in [-0.2, -0.15) is 5.26 Å². The molecular weight excluding hydrogens is 280 g/mol. The Bertz CT molecular complexity index is 433. The lowest BCUT2D eigenvalue weighted by Gasteiger charge is -2.35. The Morgan fingerprint density at radius 2 is 2.12 bits per heavy atom. The van der Waals surface area contributed by atoms with Gasteiger partial charge in [-0.25, -0.2) is 4.98 Å². The molecule has 1 saturated heterocycles. The second-order valence-corrected chi connectivity index (χ2v) is 4.97.